The Labute approximate surface area is 191 Å². The molecule has 0 unspecified atom stereocenters. The highest BCUT2D eigenvalue weighted by molar-refractivity contribution is 6.30. The largest absolute Gasteiger partial charge is 0.338 e. The Hall–Kier alpha value is -3.25. The average Bonchev–Trinajstić information content (AvgIpc) is 2.76. The van der Waals surface area contributed by atoms with E-state index in [4.69, 9.17) is 11.6 Å². The van der Waals surface area contributed by atoms with Crippen LogP contribution >= 0.6 is 11.6 Å². The van der Waals surface area contributed by atoms with Gasteiger partial charge in [-0.05, 0) is 72.7 Å². The van der Waals surface area contributed by atoms with Crippen molar-refractivity contribution in [2.24, 2.45) is 5.92 Å². The molecule has 1 aromatic carbocycles. The van der Waals surface area contributed by atoms with Gasteiger partial charge in [-0.25, -0.2) is 0 Å². The molecule has 162 valence electrons. The summed E-state index contributed by atoms with van der Waals surface area (Å²) in [6.07, 6.45) is 8.52. The smallest absolute Gasteiger partial charge is 0.258 e. The molecule has 0 atom stereocenters. The van der Waals surface area contributed by atoms with E-state index in [0.29, 0.717) is 41.7 Å². The first kappa shape index (κ1) is 20.6. The number of rotatable bonds is 4. The van der Waals surface area contributed by atoms with Crippen LogP contribution < -0.4 is 4.90 Å². The second-order valence-electron chi connectivity index (χ2n) is 8.53. The van der Waals surface area contributed by atoms with Crippen LogP contribution in [-0.4, -0.2) is 46.3 Å². The van der Waals surface area contributed by atoms with E-state index < -0.39 is 0 Å². The molecule has 2 aromatic heterocycles. The Morgan fingerprint density at radius 3 is 2.78 bits per heavy atom. The summed E-state index contributed by atoms with van der Waals surface area (Å²) >= 11 is 6.08. The third-order valence-electron chi connectivity index (χ3n) is 6.28. The van der Waals surface area contributed by atoms with Crippen LogP contribution in [0.1, 0.15) is 37.4 Å². The first-order valence-corrected chi connectivity index (χ1v) is 11.1. The fourth-order valence-corrected chi connectivity index (χ4v) is 4.69. The predicted molar refractivity (Wildman–Crippen MR) is 123 cm³/mol. The van der Waals surface area contributed by atoms with Crippen molar-refractivity contribution < 1.29 is 9.59 Å². The van der Waals surface area contributed by atoms with E-state index in [1.807, 2.05) is 36.2 Å². The number of nitrogens with zero attached hydrogens (tertiary/aromatic N) is 4. The fraction of sp³-hybridized carbons (Fsp3) is 0.280. The number of anilines is 1. The van der Waals surface area contributed by atoms with Gasteiger partial charge in [0.15, 0.2) is 0 Å². The van der Waals surface area contributed by atoms with Gasteiger partial charge < -0.3 is 9.80 Å². The van der Waals surface area contributed by atoms with Crippen LogP contribution in [0.15, 0.2) is 55.1 Å². The third-order valence-corrected chi connectivity index (χ3v) is 6.51. The molecule has 32 heavy (non-hydrogen) atoms. The minimum atomic E-state index is -0.0193. The third kappa shape index (κ3) is 3.86. The van der Waals surface area contributed by atoms with E-state index in [1.165, 1.54) is 0 Å². The highest BCUT2D eigenvalue weighted by atomic mass is 35.5. The van der Waals surface area contributed by atoms with E-state index >= 15 is 0 Å². The second kappa shape index (κ2) is 8.36. The molecule has 0 spiro atoms. The maximum atomic E-state index is 13.0. The summed E-state index contributed by atoms with van der Waals surface area (Å²) in [5.74, 6) is 0.401. The molecule has 0 saturated carbocycles. The van der Waals surface area contributed by atoms with Crippen LogP contribution in [0.5, 0.6) is 0 Å². The maximum absolute atomic E-state index is 13.0. The highest BCUT2D eigenvalue weighted by Crippen LogP contribution is 2.28. The molecular weight excluding hydrogens is 424 g/mol. The summed E-state index contributed by atoms with van der Waals surface area (Å²) in [7, 11) is 0. The van der Waals surface area contributed by atoms with Crippen LogP contribution in [0.3, 0.4) is 0 Å². The molecule has 1 fully saturated rings. The van der Waals surface area contributed by atoms with Crippen LogP contribution in [0.2, 0.25) is 5.02 Å². The zero-order valence-electron chi connectivity index (χ0n) is 17.8. The summed E-state index contributed by atoms with van der Waals surface area (Å²) in [4.78, 5) is 37.8. The Balaban J connectivity index is 1.24. The number of pyridine rings is 2. The van der Waals surface area contributed by atoms with Gasteiger partial charge in [0.25, 0.3) is 11.8 Å². The van der Waals surface area contributed by atoms with E-state index in [9.17, 15) is 9.59 Å². The molecule has 4 heterocycles. The minimum absolute atomic E-state index is 0.0193. The van der Waals surface area contributed by atoms with Gasteiger partial charge in [-0.2, -0.15) is 0 Å². The minimum Gasteiger partial charge on any atom is -0.338 e. The van der Waals surface area contributed by atoms with Gasteiger partial charge in [0, 0.05) is 48.8 Å². The molecule has 2 aliphatic heterocycles. The van der Waals surface area contributed by atoms with Gasteiger partial charge in [-0.1, -0.05) is 11.6 Å². The Kier molecular flexibility index (Phi) is 5.39. The Morgan fingerprint density at radius 1 is 1.12 bits per heavy atom. The Morgan fingerprint density at radius 2 is 1.97 bits per heavy atom. The van der Waals surface area contributed by atoms with Crippen molar-refractivity contribution in [2.75, 3.05) is 24.5 Å². The highest BCUT2D eigenvalue weighted by Gasteiger charge is 2.32. The number of amides is 2. The lowest BCUT2D eigenvalue weighted by atomic mass is 9.91. The van der Waals surface area contributed by atoms with E-state index in [-0.39, 0.29) is 11.8 Å². The molecule has 6 nitrogen and oxygen atoms in total. The summed E-state index contributed by atoms with van der Waals surface area (Å²) in [6, 6.07) is 9.33. The predicted octanol–water partition coefficient (Wildman–Crippen LogP) is 3.96. The number of halogens is 1. The van der Waals surface area contributed by atoms with Gasteiger partial charge in [-0.15, -0.1) is 0 Å². The van der Waals surface area contributed by atoms with Crippen LogP contribution in [0, 0.1) is 12.8 Å². The monoisotopic (exact) mass is 446 g/mol. The number of hydrogen-bond donors (Lipinski definition) is 0. The van der Waals surface area contributed by atoms with Gasteiger partial charge in [0.2, 0.25) is 0 Å². The maximum Gasteiger partial charge on any atom is 0.258 e. The molecule has 0 radical (unpaired) electrons. The van der Waals surface area contributed by atoms with Gasteiger partial charge >= 0.3 is 0 Å². The van der Waals surface area contributed by atoms with Gasteiger partial charge in [0.1, 0.15) is 0 Å². The van der Waals surface area contributed by atoms with E-state index in [0.717, 1.165) is 35.2 Å². The first-order valence-electron chi connectivity index (χ1n) is 10.7. The topological polar surface area (TPSA) is 66.4 Å². The molecule has 0 N–H and O–H groups in total. The number of carbonyl (C=O) groups excluding carboxylic acids is 2. The van der Waals surface area contributed by atoms with Crippen LogP contribution in [0.4, 0.5) is 5.69 Å². The fourth-order valence-electron chi connectivity index (χ4n) is 4.49. The SMILES string of the molecule is Cc1ccncc1C(=O)N1CC(Cc2cncc(N3CCc4cc(Cl)ccc4C3=O)c2)C1. The van der Waals surface area contributed by atoms with Crippen molar-refractivity contribution in [3.8, 4) is 0 Å². The molecule has 5 rings (SSSR count). The quantitative estimate of drug-likeness (QED) is 0.608. The van der Waals surface area contributed by atoms with Gasteiger partial charge in [0.05, 0.1) is 17.4 Å². The number of aromatic nitrogens is 2. The number of fused-ring (bicyclic) bond motifs is 1. The van der Waals surface area contributed by atoms with Crippen molar-refractivity contribution in [3.63, 3.8) is 0 Å². The molecule has 0 bridgehead atoms. The normalized spacial score (nSPS) is 16.0. The van der Waals surface area contributed by atoms with Crippen molar-refractivity contribution in [1.29, 1.82) is 0 Å². The summed E-state index contributed by atoms with van der Waals surface area (Å²) < 4.78 is 0. The molecule has 3 aromatic rings. The molecule has 1 saturated heterocycles. The van der Waals surface area contributed by atoms with Crippen LogP contribution in [-0.2, 0) is 12.8 Å². The molecular formula is C25H23ClN4O2. The number of aryl methyl sites for hydroxylation is 1. The molecule has 0 aliphatic carbocycles. The lowest BCUT2D eigenvalue weighted by molar-refractivity contribution is 0.0499. The number of likely N-dealkylation sites (tertiary alicyclic amines) is 1. The molecule has 2 amide bonds. The van der Waals surface area contributed by atoms with Crippen molar-refractivity contribution in [3.05, 3.63) is 88.0 Å². The molecule has 2 aliphatic rings. The zero-order chi connectivity index (χ0) is 22.2. The van der Waals surface area contributed by atoms with E-state index in [1.54, 1.807) is 35.6 Å². The van der Waals surface area contributed by atoms with E-state index in [2.05, 4.69) is 9.97 Å². The average molecular weight is 447 g/mol. The van der Waals surface area contributed by atoms with Crippen molar-refractivity contribution >= 4 is 29.1 Å². The first-order chi connectivity index (χ1) is 15.5. The lowest BCUT2D eigenvalue weighted by Crippen LogP contribution is -2.50. The summed E-state index contributed by atoms with van der Waals surface area (Å²) in [5, 5.41) is 0.653. The number of benzene rings is 1. The van der Waals surface area contributed by atoms with Crippen molar-refractivity contribution in [1.82, 2.24) is 14.9 Å². The second-order valence-corrected chi connectivity index (χ2v) is 8.97. The van der Waals surface area contributed by atoms with Crippen molar-refractivity contribution in [2.45, 2.75) is 19.8 Å². The number of carbonyl (C=O) groups is 2. The van der Waals surface area contributed by atoms with Gasteiger partial charge in [-0.3, -0.25) is 19.6 Å². The number of hydrogen-bond acceptors (Lipinski definition) is 4. The summed E-state index contributed by atoms with van der Waals surface area (Å²) in [5.41, 5.74) is 5.19. The molecule has 7 heteroatoms. The Bertz CT molecular complexity index is 1210. The van der Waals surface area contributed by atoms with Crippen LogP contribution in [0.25, 0.3) is 0 Å². The standard InChI is InChI=1S/C25H23ClN4O2/c1-16-4-6-27-13-23(16)24(31)29-14-18(15-29)8-17-9-21(12-28-11-17)30-7-5-19-10-20(26)2-3-22(19)25(30)32/h2-4,6,9-13,18H,5,7-8,14-15H2,1H3. The lowest BCUT2D eigenvalue weighted by Gasteiger charge is -2.39. The summed E-state index contributed by atoms with van der Waals surface area (Å²) in [6.45, 7) is 3.97. The zero-order valence-corrected chi connectivity index (χ0v) is 18.5.